The largest absolute Gasteiger partial charge is 0.453 e. The van der Waals surface area contributed by atoms with E-state index in [0.717, 1.165) is 0 Å². The molecule has 3 nitrogen and oxygen atoms in total. The van der Waals surface area contributed by atoms with E-state index in [-0.39, 0.29) is 6.04 Å². The number of hydrogen-bond acceptors (Lipinski definition) is 2. The molecule has 0 atom stereocenters. The van der Waals surface area contributed by atoms with Gasteiger partial charge in [-0.25, -0.2) is 4.99 Å². The number of amidine groups is 1. The lowest BCUT2D eigenvalue weighted by atomic mass is 10.4. The van der Waals surface area contributed by atoms with Gasteiger partial charge in [0.05, 0.1) is 0 Å². The van der Waals surface area contributed by atoms with Gasteiger partial charge < -0.3 is 0 Å². The SMILES string of the molecule is C=N/C(=N\N(C)C(C)C)C(F)(F)F. The molecule has 0 aromatic heterocycles. The van der Waals surface area contributed by atoms with Gasteiger partial charge >= 0.3 is 6.18 Å². The van der Waals surface area contributed by atoms with Crippen LogP contribution < -0.4 is 0 Å². The molecule has 0 saturated heterocycles. The summed E-state index contributed by atoms with van der Waals surface area (Å²) in [4.78, 5) is 2.82. The van der Waals surface area contributed by atoms with Gasteiger partial charge in [0.25, 0.3) is 5.84 Å². The van der Waals surface area contributed by atoms with Crippen molar-refractivity contribution in [2.45, 2.75) is 26.1 Å². The second kappa shape index (κ2) is 4.25. The smallest absolute Gasteiger partial charge is 0.296 e. The summed E-state index contributed by atoms with van der Waals surface area (Å²) in [6, 6.07) is -0.112. The van der Waals surface area contributed by atoms with Crippen molar-refractivity contribution in [3.05, 3.63) is 0 Å². The third kappa shape index (κ3) is 3.91. The van der Waals surface area contributed by atoms with Crippen molar-refractivity contribution in [3.63, 3.8) is 0 Å². The molecule has 0 bridgehead atoms. The van der Waals surface area contributed by atoms with E-state index in [1.807, 2.05) is 0 Å². The minimum atomic E-state index is -4.54. The first-order valence-electron chi connectivity index (χ1n) is 3.64. The van der Waals surface area contributed by atoms with E-state index in [0.29, 0.717) is 0 Å². The molecule has 0 amide bonds. The Bertz CT molecular complexity index is 208. The number of hydrazone groups is 1. The third-order valence-electron chi connectivity index (χ3n) is 1.40. The summed E-state index contributed by atoms with van der Waals surface area (Å²) < 4.78 is 36.2. The molecule has 0 aliphatic heterocycles. The molecule has 0 N–H and O–H groups in total. The predicted molar refractivity (Wildman–Crippen MR) is 45.9 cm³/mol. The number of hydrogen-bond donors (Lipinski definition) is 0. The molecule has 0 fully saturated rings. The molecule has 0 saturated carbocycles. The van der Waals surface area contributed by atoms with Gasteiger partial charge in [0, 0.05) is 13.1 Å². The van der Waals surface area contributed by atoms with Crippen LogP contribution in [-0.4, -0.2) is 36.8 Å². The number of alkyl halides is 3. The van der Waals surface area contributed by atoms with Crippen LogP contribution in [0.15, 0.2) is 10.1 Å². The highest BCUT2D eigenvalue weighted by Crippen LogP contribution is 2.18. The number of rotatable bonds is 2. The first-order chi connectivity index (χ1) is 5.79. The van der Waals surface area contributed by atoms with Gasteiger partial charge in [-0.05, 0) is 20.6 Å². The quantitative estimate of drug-likeness (QED) is 0.375. The normalized spacial score (nSPS) is 13.3. The minimum absolute atomic E-state index is 0.112. The number of aliphatic imine (C=N–C) groups is 1. The average Bonchev–Trinajstić information content (AvgIpc) is 1.96. The van der Waals surface area contributed by atoms with Crippen molar-refractivity contribution in [3.8, 4) is 0 Å². The minimum Gasteiger partial charge on any atom is -0.296 e. The summed E-state index contributed by atoms with van der Waals surface area (Å²) in [7, 11) is 1.45. The van der Waals surface area contributed by atoms with E-state index in [9.17, 15) is 13.2 Å². The number of nitrogens with zero attached hydrogens (tertiary/aromatic N) is 3. The lowest BCUT2D eigenvalue weighted by Gasteiger charge is -2.18. The van der Waals surface area contributed by atoms with E-state index < -0.39 is 12.0 Å². The van der Waals surface area contributed by atoms with E-state index in [1.165, 1.54) is 12.1 Å². The molecule has 13 heavy (non-hydrogen) atoms. The summed E-state index contributed by atoms with van der Waals surface area (Å²) >= 11 is 0. The van der Waals surface area contributed by atoms with E-state index in [4.69, 9.17) is 0 Å². The van der Waals surface area contributed by atoms with Crippen LogP contribution in [0.3, 0.4) is 0 Å². The van der Waals surface area contributed by atoms with Gasteiger partial charge in [0.1, 0.15) is 0 Å². The molecule has 0 heterocycles. The van der Waals surface area contributed by atoms with Gasteiger partial charge in [-0.1, -0.05) is 0 Å². The van der Waals surface area contributed by atoms with Crippen LogP contribution >= 0.6 is 0 Å². The van der Waals surface area contributed by atoms with Crippen molar-refractivity contribution in [2.24, 2.45) is 10.1 Å². The van der Waals surface area contributed by atoms with Crippen LogP contribution in [0, 0.1) is 0 Å². The van der Waals surface area contributed by atoms with Crippen LogP contribution in [0.1, 0.15) is 13.8 Å². The molecule has 0 aliphatic rings. The predicted octanol–water partition coefficient (Wildman–Crippen LogP) is 1.90. The van der Waals surface area contributed by atoms with E-state index in [2.05, 4.69) is 16.8 Å². The molecule has 0 radical (unpaired) electrons. The Hall–Kier alpha value is -1.07. The molecule has 76 valence electrons. The van der Waals surface area contributed by atoms with Gasteiger partial charge in [-0.15, -0.1) is 0 Å². The topological polar surface area (TPSA) is 28.0 Å². The van der Waals surface area contributed by atoms with Crippen molar-refractivity contribution in [1.82, 2.24) is 5.01 Å². The van der Waals surface area contributed by atoms with Crippen LogP contribution in [0.4, 0.5) is 13.2 Å². The monoisotopic (exact) mass is 195 g/mol. The first kappa shape index (κ1) is 11.9. The summed E-state index contributed by atoms with van der Waals surface area (Å²) in [5.74, 6) is -1.22. The van der Waals surface area contributed by atoms with Gasteiger partial charge in [0.15, 0.2) is 0 Å². The molecule has 0 rings (SSSR count). The first-order valence-corrected chi connectivity index (χ1v) is 3.64. The van der Waals surface area contributed by atoms with Crippen LogP contribution in [0.2, 0.25) is 0 Å². The molecular formula is C7H12F3N3. The van der Waals surface area contributed by atoms with Crippen molar-refractivity contribution in [2.75, 3.05) is 7.05 Å². The standard InChI is InChI=1S/C7H12F3N3/c1-5(2)13(4)12-6(11-3)7(8,9)10/h5H,3H2,1-2,4H3/b12-6-. The molecule has 0 unspecified atom stereocenters. The summed E-state index contributed by atoms with van der Waals surface area (Å²) in [6.45, 7) is 6.26. The number of halogens is 3. The Kier molecular flexibility index (Phi) is 3.90. The van der Waals surface area contributed by atoms with E-state index in [1.54, 1.807) is 13.8 Å². The summed E-state index contributed by atoms with van der Waals surface area (Å²) in [5, 5.41) is 4.44. The zero-order valence-electron chi connectivity index (χ0n) is 7.76. The second-order valence-electron chi connectivity index (χ2n) is 2.75. The fraction of sp³-hybridized carbons (Fsp3) is 0.714. The summed E-state index contributed by atoms with van der Waals surface area (Å²) in [6.07, 6.45) is -4.54. The zero-order chi connectivity index (χ0) is 10.6. The average molecular weight is 195 g/mol. The van der Waals surface area contributed by atoms with Crippen LogP contribution in [-0.2, 0) is 0 Å². The lowest BCUT2D eigenvalue weighted by Crippen LogP contribution is -2.28. The van der Waals surface area contributed by atoms with Gasteiger partial charge in [-0.2, -0.15) is 18.3 Å². The molecular weight excluding hydrogens is 183 g/mol. The fourth-order valence-corrected chi connectivity index (χ4v) is 0.443. The lowest BCUT2D eigenvalue weighted by molar-refractivity contribution is -0.0611. The zero-order valence-corrected chi connectivity index (χ0v) is 7.76. The van der Waals surface area contributed by atoms with Crippen molar-refractivity contribution >= 4 is 12.6 Å². The Morgan fingerprint density at radius 2 is 1.85 bits per heavy atom. The van der Waals surface area contributed by atoms with Crippen LogP contribution in [0.25, 0.3) is 0 Å². The second-order valence-corrected chi connectivity index (χ2v) is 2.75. The maximum Gasteiger partial charge on any atom is 0.453 e. The maximum atomic E-state index is 12.1. The van der Waals surface area contributed by atoms with Crippen LogP contribution in [0.5, 0.6) is 0 Å². The van der Waals surface area contributed by atoms with Crippen molar-refractivity contribution < 1.29 is 13.2 Å². The molecule has 0 spiro atoms. The highest BCUT2D eigenvalue weighted by molar-refractivity contribution is 5.90. The fourth-order valence-electron chi connectivity index (χ4n) is 0.443. The molecule has 0 aromatic carbocycles. The maximum absolute atomic E-state index is 12.1. The highest BCUT2D eigenvalue weighted by Gasteiger charge is 2.36. The van der Waals surface area contributed by atoms with Gasteiger partial charge in [0.2, 0.25) is 0 Å². The Morgan fingerprint density at radius 3 is 2.08 bits per heavy atom. The summed E-state index contributed by atoms with van der Waals surface area (Å²) in [5.41, 5.74) is 0. The van der Waals surface area contributed by atoms with Crippen molar-refractivity contribution in [1.29, 1.82) is 0 Å². The van der Waals surface area contributed by atoms with Gasteiger partial charge in [-0.3, -0.25) is 5.01 Å². The highest BCUT2D eigenvalue weighted by atomic mass is 19.4. The molecule has 0 aromatic rings. The Balaban J connectivity index is 4.67. The molecule has 0 aliphatic carbocycles. The molecule has 6 heteroatoms. The third-order valence-corrected chi connectivity index (χ3v) is 1.40. The Morgan fingerprint density at radius 1 is 1.38 bits per heavy atom. The van der Waals surface area contributed by atoms with E-state index >= 15 is 0 Å². The Labute approximate surface area is 74.9 Å².